The lowest BCUT2D eigenvalue weighted by Gasteiger charge is -2.07. The summed E-state index contributed by atoms with van der Waals surface area (Å²) in [6, 6.07) is 0. The van der Waals surface area contributed by atoms with E-state index in [0.717, 1.165) is 32.2 Å². The summed E-state index contributed by atoms with van der Waals surface area (Å²) in [6.45, 7) is 5.03. The topological polar surface area (TPSA) is 31.9 Å². The zero-order chi connectivity index (χ0) is 7.82. The summed E-state index contributed by atoms with van der Waals surface area (Å²) in [4.78, 5) is 0. The molecule has 0 aromatic heterocycles. The number of hydrogen-bond donors (Lipinski definition) is 1. The van der Waals surface area contributed by atoms with E-state index in [1.807, 2.05) is 0 Å². The van der Waals surface area contributed by atoms with Gasteiger partial charge in [-0.05, 0) is 25.8 Å². The Bertz CT molecular complexity index is 58.3. The maximum atomic E-state index is 10.9. The minimum Gasteiger partial charge on any atom is -0.289 e. The highest BCUT2D eigenvalue weighted by Gasteiger charge is 2.01. The number of rotatable bonds is 6. The molecule has 0 aliphatic rings. The van der Waals surface area contributed by atoms with Crippen LogP contribution in [0.5, 0.6) is 0 Å². The van der Waals surface area contributed by atoms with E-state index in [1.54, 1.807) is 0 Å². The Kier molecular flexibility index (Phi) is 6.98. The van der Waals surface area contributed by atoms with Gasteiger partial charge in [-0.15, -0.1) is 0 Å². The van der Waals surface area contributed by atoms with E-state index in [1.165, 1.54) is 0 Å². The van der Waals surface area contributed by atoms with Gasteiger partial charge in [-0.3, -0.25) is 5.32 Å². The molecule has 0 amide bonds. The average Bonchev–Trinajstić information content (AvgIpc) is 1.97. The van der Waals surface area contributed by atoms with Crippen molar-refractivity contribution in [3.05, 3.63) is 0 Å². The van der Waals surface area contributed by atoms with Gasteiger partial charge in [0.1, 0.15) is 6.23 Å². The molecule has 61 valence electrons. The lowest BCUT2D eigenvalue weighted by Crippen LogP contribution is -2.27. The normalized spacial score (nSPS) is 13.5. The van der Waals surface area contributed by atoms with Crippen LogP contribution in [0.25, 0.3) is 0 Å². The van der Waals surface area contributed by atoms with Gasteiger partial charge < -0.3 is 0 Å². The molecule has 1 unspecified atom stereocenters. The molecule has 0 aliphatic heterocycles. The van der Waals surface area contributed by atoms with Gasteiger partial charge >= 0.3 is 0 Å². The maximum absolute atomic E-state index is 10.9. The van der Waals surface area contributed by atoms with Crippen LogP contribution in [0.4, 0.5) is 0 Å². The quantitative estimate of drug-likeness (QED) is 0.567. The van der Waals surface area contributed by atoms with Gasteiger partial charge in [-0.2, -0.15) is 0 Å². The van der Waals surface area contributed by atoms with Crippen LogP contribution >= 0.6 is 0 Å². The second-order valence-corrected chi connectivity index (χ2v) is 2.58. The second kappa shape index (κ2) is 7.03. The fourth-order valence-electron chi connectivity index (χ4n) is 0.797. The third-order valence-corrected chi connectivity index (χ3v) is 1.44. The molecule has 0 aliphatic carbocycles. The van der Waals surface area contributed by atoms with Crippen molar-refractivity contribution in [2.75, 3.05) is 6.54 Å². The molecule has 0 aromatic rings. The molecule has 1 radical (unpaired) electrons. The van der Waals surface area contributed by atoms with Crippen LogP contribution in [0.15, 0.2) is 0 Å². The highest BCUT2D eigenvalue weighted by atomic mass is 16.3. The smallest absolute Gasteiger partial charge is 0.143 e. The fourth-order valence-corrected chi connectivity index (χ4v) is 0.797. The Morgan fingerprint density at radius 3 is 2.50 bits per heavy atom. The lowest BCUT2D eigenvalue weighted by molar-refractivity contribution is 0.0502. The predicted molar refractivity (Wildman–Crippen MR) is 42.3 cm³/mol. The molecule has 0 fully saturated rings. The monoisotopic (exact) mass is 144 g/mol. The molecule has 1 atom stereocenters. The third-order valence-electron chi connectivity index (χ3n) is 1.44. The standard InChI is InChI=1S/C8H18NO/c1-3-5-6-8(10)9-7-4-2/h8-9H,3-7H2,1-2H3. The lowest BCUT2D eigenvalue weighted by atomic mass is 10.2. The summed E-state index contributed by atoms with van der Waals surface area (Å²) in [5.74, 6) is 0. The summed E-state index contributed by atoms with van der Waals surface area (Å²) in [7, 11) is 0. The van der Waals surface area contributed by atoms with Crippen molar-refractivity contribution in [2.24, 2.45) is 0 Å². The first kappa shape index (κ1) is 9.92. The number of unbranched alkanes of at least 4 members (excludes halogenated alkanes) is 1. The maximum Gasteiger partial charge on any atom is 0.143 e. The van der Waals surface area contributed by atoms with Crippen molar-refractivity contribution in [3.8, 4) is 0 Å². The van der Waals surface area contributed by atoms with Gasteiger partial charge in [-0.25, -0.2) is 5.11 Å². The number of nitrogens with one attached hydrogen (secondary N) is 1. The molecule has 2 nitrogen and oxygen atoms in total. The minimum atomic E-state index is -0.528. The number of hydrogen-bond acceptors (Lipinski definition) is 1. The van der Waals surface area contributed by atoms with Gasteiger partial charge in [-0.1, -0.05) is 20.3 Å². The first-order valence-electron chi connectivity index (χ1n) is 4.20. The third kappa shape index (κ3) is 6.05. The summed E-state index contributed by atoms with van der Waals surface area (Å²) < 4.78 is 0. The zero-order valence-corrected chi connectivity index (χ0v) is 7.02. The van der Waals surface area contributed by atoms with Gasteiger partial charge in [0.05, 0.1) is 0 Å². The van der Waals surface area contributed by atoms with Crippen molar-refractivity contribution >= 4 is 0 Å². The van der Waals surface area contributed by atoms with Crippen LogP contribution in [-0.2, 0) is 5.11 Å². The Morgan fingerprint density at radius 1 is 1.30 bits per heavy atom. The largest absolute Gasteiger partial charge is 0.289 e. The molecule has 0 saturated carbocycles. The van der Waals surface area contributed by atoms with Gasteiger partial charge in [0.15, 0.2) is 0 Å². The summed E-state index contributed by atoms with van der Waals surface area (Å²) in [5, 5.41) is 13.8. The molecular weight excluding hydrogens is 126 g/mol. The molecule has 0 heterocycles. The molecule has 10 heavy (non-hydrogen) atoms. The summed E-state index contributed by atoms with van der Waals surface area (Å²) >= 11 is 0. The average molecular weight is 144 g/mol. The molecule has 0 aromatic carbocycles. The van der Waals surface area contributed by atoms with Gasteiger partial charge in [0.2, 0.25) is 0 Å². The molecule has 0 spiro atoms. The molecule has 1 N–H and O–H groups in total. The second-order valence-electron chi connectivity index (χ2n) is 2.58. The molecule has 0 saturated heterocycles. The molecule has 0 bridgehead atoms. The molecule has 0 rings (SSSR count). The van der Waals surface area contributed by atoms with Crippen molar-refractivity contribution < 1.29 is 5.11 Å². The van der Waals surface area contributed by atoms with Crippen molar-refractivity contribution in [3.63, 3.8) is 0 Å². The van der Waals surface area contributed by atoms with E-state index < -0.39 is 6.23 Å². The first-order valence-corrected chi connectivity index (χ1v) is 4.20. The van der Waals surface area contributed by atoms with E-state index in [2.05, 4.69) is 19.2 Å². The van der Waals surface area contributed by atoms with Crippen molar-refractivity contribution in [1.82, 2.24) is 5.32 Å². The van der Waals surface area contributed by atoms with Crippen LogP contribution in [0, 0.1) is 0 Å². The Balaban J connectivity index is 3.00. The Morgan fingerprint density at radius 2 is 2.00 bits per heavy atom. The molecular formula is C8H18NO. The van der Waals surface area contributed by atoms with Crippen LogP contribution in [0.1, 0.15) is 39.5 Å². The van der Waals surface area contributed by atoms with Crippen molar-refractivity contribution in [1.29, 1.82) is 0 Å². The fraction of sp³-hybridized carbons (Fsp3) is 1.00. The molecule has 2 heteroatoms. The zero-order valence-electron chi connectivity index (χ0n) is 7.02. The first-order chi connectivity index (χ1) is 4.81. The minimum absolute atomic E-state index is 0.528. The highest BCUT2D eigenvalue weighted by molar-refractivity contribution is 4.51. The highest BCUT2D eigenvalue weighted by Crippen LogP contribution is 1.97. The summed E-state index contributed by atoms with van der Waals surface area (Å²) in [5.41, 5.74) is 0. The van der Waals surface area contributed by atoms with Crippen LogP contribution < -0.4 is 5.32 Å². The van der Waals surface area contributed by atoms with Crippen molar-refractivity contribution in [2.45, 2.75) is 45.8 Å². The predicted octanol–water partition coefficient (Wildman–Crippen LogP) is 1.93. The van der Waals surface area contributed by atoms with E-state index in [-0.39, 0.29) is 0 Å². The SMILES string of the molecule is CCCCC([O])NCCC. The van der Waals surface area contributed by atoms with Crippen LogP contribution in [0.3, 0.4) is 0 Å². The van der Waals surface area contributed by atoms with E-state index in [4.69, 9.17) is 0 Å². The van der Waals surface area contributed by atoms with Crippen LogP contribution in [0.2, 0.25) is 0 Å². The van der Waals surface area contributed by atoms with Crippen LogP contribution in [-0.4, -0.2) is 12.8 Å². The van der Waals surface area contributed by atoms with E-state index >= 15 is 0 Å². The van der Waals surface area contributed by atoms with Gasteiger partial charge in [0.25, 0.3) is 0 Å². The Labute approximate surface area is 63.6 Å². The van der Waals surface area contributed by atoms with E-state index in [9.17, 15) is 5.11 Å². The summed E-state index contributed by atoms with van der Waals surface area (Å²) in [6.07, 6.45) is 3.46. The van der Waals surface area contributed by atoms with E-state index in [0.29, 0.717) is 0 Å². The Hall–Kier alpha value is -0.0800. The van der Waals surface area contributed by atoms with Gasteiger partial charge in [0, 0.05) is 0 Å².